The van der Waals surface area contributed by atoms with Gasteiger partial charge in [0.2, 0.25) is 10.0 Å². The summed E-state index contributed by atoms with van der Waals surface area (Å²) in [7, 11) is -3.85. The lowest BCUT2D eigenvalue weighted by atomic mass is 10.2. The Bertz CT molecular complexity index is 719. The minimum Gasteiger partial charge on any atom is -0.454 e. The van der Waals surface area contributed by atoms with Crippen molar-refractivity contribution in [3.63, 3.8) is 0 Å². The number of hydrogen-bond acceptors (Lipinski definition) is 6. The van der Waals surface area contributed by atoms with Crippen LogP contribution in [0.4, 0.5) is 0 Å². The third-order valence-electron chi connectivity index (χ3n) is 4.31. The highest BCUT2D eigenvalue weighted by molar-refractivity contribution is 7.98. The van der Waals surface area contributed by atoms with Gasteiger partial charge in [-0.1, -0.05) is 31.0 Å². The molecule has 0 radical (unpaired) electrons. The number of rotatable bonds is 10. The minimum atomic E-state index is -3.85. The first-order chi connectivity index (χ1) is 12.9. The molecule has 0 bridgehead atoms. The van der Waals surface area contributed by atoms with Crippen molar-refractivity contribution < 1.29 is 22.7 Å². The van der Waals surface area contributed by atoms with Gasteiger partial charge in [-0.05, 0) is 43.4 Å². The topological polar surface area (TPSA) is 102 Å². The Kier molecular flexibility index (Phi) is 8.59. The third kappa shape index (κ3) is 7.15. The Hall–Kier alpha value is -1.58. The highest BCUT2D eigenvalue weighted by Crippen LogP contribution is 2.17. The van der Waals surface area contributed by atoms with Gasteiger partial charge < -0.3 is 10.1 Å². The lowest BCUT2D eigenvalue weighted by Crippen LogP contribution is -2.43. The molecule has 1 amide bonds. The van der Waals surface area contributed by atoms with Crippen molar-refractivity contribution in [2.45, 2.75) is 49.1 Å². The predicted octanol–water partition coefficient (Wildman–Crippen LogP) is 1.69. The number of hydrogen-bond donors (Lipinski definition) is 2. The number of carbonyl (C=O) groups excluding carboxylic acids is 2. The Morgan fingerprint density at radius 1 is 1.22 bits per heavy atom. The second-order valence-corrected chi connectivity index (χ2v) is 9.12. The molecule has 7 nitrogen and oxygen atoms in total. The van der Waals surface area contributed by atoms with Crippen molar-refractivity contribution in [2.24, 2.45) is 0 Å². The van der Waals surface area contributed by atoms with Crippen molar-refractivity contribution >= 4 is 33.7 Å². The van der Waals surface area contributed by atoms with E-state index in [4.69, 9.17) is 4.74 Å². The summed E-state index contributed by atoms with van der Waals surface area (Å²) >= 11 is 1.49. The standard InChI is InChI=1S/C18H26N2O5S2/c1-26-12-11-16(20-27(23,24)15-9-3-2-4-10-15)18(22)25-13-17(21)19-14-7-5-6-8-14/h2-4,9-10,14,16,20H,5-8,11-13H2,1H3,(H,19,21)/t16-/m1/s1. The summed E-state index contributed by atoms with van der Waals surface area (Å²) in [6, 6.07) is 6.93. The average molecular weight is 415 g/mol. The Labute approximate surface area is 164 Å². The highest BCUT2D eigenvalue weighted by atomic mass is 32.2. The zero-order valence-corrected chi connectivity index (χ0v) is 17.0. The van der Waals surface area contributed by atoms with Crippen LogP contribution < -0.4 is 10.0 Å². The number of amides is 1. The van der Waals surface area contributed by atoms with Crippen LogP contribution in [0.1, 0.15) is 32.1 Å². The summed E-state index contributed by atoms with van der Waals surface area (Å²) in [6.45, 7) is -0.405. The van der Waals surface area contributed by atoms with Gasteiger partial charge in [0.1, 0.15) is 6.04 Å². The molecular weight excluding hydrogens is 388 g/mol. The van der Waals surface area contributed by atoms with Gasteiger partial charge in [-0.3, -0.25) is 9.59 Å². The average Bonchev–Trinajstić information content (AvgIpc) is 3.16. The van der Waals surface area contributed by atoms with Crippen LogP contribution >= 0.6 is 11.8 Å². The SMILES string of the molecule is CSCC[C@@H](NS(=O)(=O)c1ccccc1)C(=O)OCC(=O)NC1CCCC1. The molecule has 1 aliphatic rings. The molecule has 9 heteroatoms. The van der Waals surface area contributed by atoms with Gasteiger partial charge in [0.05, 0.1) is 4.90 Å². The largest absolute Gasteiger partial charge is 0.454 e. The number of sulfonamides is 1. The number of benzene rings is 1. The number of nitrogens with one attached hydrogen (secondary N) is 2. The molecule has 1 aromatic rings. The summed E-state index contributed by atoms with van der Waals surface area (Å²) in [5.74, 6) is -0.527. The molecule has 1 aliphatic carbocycles. The van der Waals surface area contributed by atoms with E-state index < -0.39 is 28.6 Å². The Morgan fingerprint density at radius 3 is 2.52 bits per heavy atom. The number of carbonyl (C=O) groups is 2. The van der Waals surface area contributed by atoms with Crippen LogP contribution in [0.5, 0.6) is 0 Å². The van der Waals surface area contributed by atoms with Crippen molar-refractivity contribution in [3.8, 4) is 0 Å². The van der Waals surface area contributed by atoms with Gasteiger partial charge in [0.15, 0.2) is 6.61 Å². The van der Waals surface area contributed by atoms with E-state index in [1.807, 2.05) is 6.26 Å². The van der Waals surface area contributed by atoms with Crippen LogP contribution in [0.15, 0.2) is 35.2 Å². The second-order valence-electron chi connectivity index (χ2n) is 6.43. The molecule has 0 heterocycles. The van der Waals surface area contributed by atoms with Gasteiger partial charge in [0.25, 0.3) is 5.91 Å². The third-order valence-corrected chi connectivity index (χ3v) is 6.44. The molecule has 1 aromatic carbocycles. The smallest absolute Gasteiger partial charge is 0.324 e. The van der Waals surface area contributed by atoms with Crippen molar-refractivity contribution in [2.75, 3.05) is 18.6 Å². The monoisotopic (exact) mass is 414 g/mol. The zero-order chi connectivity index (χ0) is 19.7. The first kappa shape index (κ1) is 21.7. The number of ether oxygens (including phenoxy) is 1. The van der Waals surface area contributed by atoms with Crippen LogP contribution in [0.3, 0.4) is 0 Å². The molecule has 1 saturated carbocycles. The van der Waals surface area contributed by atoms with Crippen molar-refractivity contribution in [1.29, 1.82) is 0 Å². The molecule has 150 valence electrons. The summed E-state index contributed by atoms with van der Waals surface area (Å²) < 4.78 is 32.4. The Balaban J connectivity index is 1.93. The summed E-state index contributed by atoms with van der Waals surface area (Å²) in [4.78, 5) is 24.4. The zero-order valence-electron chi connectivity index (χ0n) is 15.3. The first-order valence-corrected chi connectivity index (χ1v) is 11.8. The van der Waals surface area contributed by atoms with Crippen molar-refractivity contribution in [3.05, 3.63) is 30.3 Å². The summed E-state index contributed by atoms with van der Waals surface area (Å²) in [5.41, 5.74) is 0. The fourth-order valence-corrected chi connectivity index (χ4v) is 4.60. The van der Waals surface area contributed by atoms with Gasteiger partial charge in [-0.25, -0.2) is 8.42 Å². The molecule has 1 atom stereocenters. The van der Waals surface area contributed by atoms with E-state index in [0.29, 0.717) is 5.75 Å². The maximum Gasteiger partial charge on any atom is 0.324 e. The Morgan fingerprint density at radius 2 is 1.89 bits per heavy atom. The molecule has 1 fully saturated rings. The van der Waals surface area contributed by atoms with Crippen LogP contribution in [0, 0.1) is 0 Å². The molecule has 0 unspecified atom stereocenters. The fourth-order valence-electron chi connectivity index (χ4n) is 2.89. The summed E-state index contributed by atoms with van der Waals surface area (Å²) in [6.07, 6.45) is 6.19. The highest BCUT2D eigenvalue weighted by Gasteiger charge is 2.27. The van der Waals surface area contributed by atoms with E-state index in [-0.39, 0.29) is 23.3 Å². The van der Waals surface area contributed by atoms with Crippen LogP contribution in [-0.4, -0.2) is 51.0 Å². The van der Waals surface area contributed by atoms with Gasteiger partial charge in [-0.2, -0.15) is 16.5 Å². The fraction of sp³-hybridized carbons (Fsp3) is 0.556. The second kappa shape index (κ2) is 10.7. The number of thioether (sulfide) groups is 1. The van der Waals surface area contributed by atoms with E-state index in [1.54, 1.807) is 18.2 Å². The van der Waals surface area contributed by atoms with E-state index in [0.717, 1.165) is 25.7 Å². The molecule has 27 heavy (non-hydrogen) atoms. The van der Waals surface area contributed by atoms with Gasteiger partial charge >= 0.3 is 5.97 Å². The lowest BCUT2D eigenvalue weighted by Gasteiger charge is -2.18. The minimum absolute atomic E-state index is 0.0749. The van der Waals surface area contributed by atoms with Gasteiger partial charge in [-0.15, -0.1) is 0 Å². The maximum atomic E-state index is 12.5. The van der Waals surface area contributed by atoms with E-state index in [2.05, 4.69) is 10.0 Å². The molecule has 0 aliphatic heterocycles. The molecule has 2 rings (SSSR count). The predicted molar refractivity (Wildman–Crippen MR) is 105 cm³/mol. The molecular formula is C18H26N2O5S2. The molecule has 0 spiro atoms. The van der Waals surface area contributed by atoms with Crippen LogP contribution in [-0.2, 0) is 24.3 Å². The molecule has 0 saturated heterocycles. The van der Waals surface area contributed by atoms with E-state index >= 15 is 0 Å². The first-order valence-electron chi connectivity index (χ1n) is 8.94. The number of esters is 1. The van der Waals surface area contributed by atoms with Crippen molar-refractivity contribution in [1.82, 2.24) is 10.0 Å². The maximum absolute atomic E-state index is 12.5. The van der Waals surface area contributed by atoms with E-state index in [9.17, 15) is 18.0 Å². The lowest BCUT2D eigenvalue weighted by molar-refractivity contribution is -0.150. The van der Waals surface area contributed by atoms with Gasteiger partial charge in [0, 0.05) is 6.04 Å². The molecule has 2 N–H and O–H groups in total. The normalized spacial score (nSPS) is 16.0. The van der Waals surface area contributed by atoms with E-state index in [1.165, 1.54) is 23.9 Å². The molecule has 0 aromatic heterocycles. The van der Waals surface area contributed by atoms with Crippen LogP contribution in [0.25, 0.3) is 0 Å². The summed E-state index contributed by atoms with van der Waals surface area (Å²) in [5, 5.41) is 2.83. The quantitative estimate of drug-likeness (QED) is 0.565. The van der Waals surface area contributed by atoms with Crippen LogP contribution in [0.2, 0.25) is 0 Å².